The molecule has 32 heavy (non-hydrogen) atoms. The fraction of sp³-hybridized carbons (Fsp3) is 0.455. The number of allylic oxidation sites excluding steroid dienone is 1. The van der Waals surface area contributed by atoms with Crippen LogP contribution in [0.15, 0.2) is 40.6 Å². The van der Waals surface area contributed by atoms with Crippen molar-refractivity contribution in [2.45, 2.75) is 25.5 Å². The number of nitrogens with zero attached hydrogens (tertiary/aromatic N) is 2. The molecule has 2 unspecified atom stereocenters. The van der Waals surface area contributed by atoms with E-state index in [1.165, 1.54) is 7.05 Å². The first-order valence-corrected chi connectivity index (χ1v) is 12.4. The fourth-order valence-corrected chi connectivity index (χ4v) is 5.37. The molecule has 10 heteroatoms. The zero-order valence-corrected chi connectivity index (χ0v) is 19.3. The van der Waals surface area contributed by atoms with Gasteiger partial charge in [-0.2, -0.15) is 5.10 Å². The summed E-state index contributed by atoms with van der Waals surface area (Å²) in [7, 11) is -2.00. The van der Waals surface area contributed by atoms with Crippen LogP contribution in [0.5, 0.6) is 5.75 Å². The molecule has 9 nitrogen and oxygen atoms in total. The number of anilines is 1. The maximum Gasteiger partial charge on any atom is 0.275 e. The lowest BCUT2D eigenvalue weighted by atomic mass is 10.0. The molecule has 0 saturated heterocycles. The number of likely N-dealkylation sites (N-methyl/N-ethyl adjacent to an activating group) is 1. The number of sulfonamides is 1. The van der Waals surface area contributed by atoms with Gasteiger partial charge in [-0.1, -0.05) is 19.9 Å². The van der Waals surface area contributed by atoms with Crippen molar-refractivity contribution in [2.75, 3.05) is 38.6 Å². The van der Waals surface area contributed by atoms with Crippen LogP contribution in [-0.2, 0) is 14.8 Å². The molecule has 2 heterocycles. The van der Waals surface area contributed by atoms with Gasteiger partial charge in [0, 0.05) is 23.7 Å². The molecule has 4 rings (SSSR count). The van der Waals surface area contributed by atoms with Crippen LogP contribution in [0.4, 0.5) is 5.69 Å². The normalized spacial score (nSPS) is 24.1. The molecular weight excluding hydrogens is 430 g/mol. The van der Waals surface area contributed by atoms with Gasteiger partial charge in [-0.15, -0.1) is 0 Å². The fourth-order valence-electron chi connectivity index (χ4n) is 4.04. The quantitative estimate of drug-likeness (QED) is 0.483. The second-order valence-corrected chi connectivity index (χ2v) is 10.0. The van der Waals surface area contributed by atoms with Crippen molar-refractivity contribution in [3.63, 3.8) is 0 Å². The number of hydrogen-bond donors (Lipinski definition) is 3. The van der Waals surface area contributed by atoms with Crippen molar-refractivity contribution in [2.24, 2.45) is 11.0 Å². The van der Waals surface area contributed by atoms with E-state index in [4.69, 9.17) is 4.74 Å². The highest BCUT2D eigenvalue weighted by atomic mass is 32.2. The number of ether oxygens (including phenoxy) is 1. The Morgan fingerprint density at radius 1 is 1.25 bits per heavy atom. The molecule has 0 bridgehead atoms. The molecule has 1 amide bonds. The number of fused-ring (bicyclic) bond motifs is 1. The Morgan fingerprint density at radius 3 is 2.75 bits per heavy atom. The summed E-state index contributed by atoms with van der Waals surface area (Å²) >= 11 is 0. The van der Waals surface area contributed by atoms with Crippen molar-refractivity contribution in [1.82, 2.24) is 15.0 Å². The van der Waals surface area contributed by atoms with E-state index in [2.05, 4.69) is 39.3 Å². The molecule has 1 aromatic rings. The molecule has 3 aliphatic rings. The van der Waals surface area contributed by atoms with Crippen LogP contribution in [0.3, 0.4) is 0 Å². The van der Waals surface area contributed by atoms with E-state index in [1.807, 2.05) is 30.4 Å². The van der Waals surface area contributed by atoms with Crippen molar-refractivity contribution < 1.29 is 17.9 Å². The van der Waals surface area contributed by atoms with E-state index in [1.54, 1.807) is 0 Å². The standard InChI is InChI=1S/C22H29N5O4S/c1-4-27(5-2)10-11-31-15-7-9-17-14(12-15)6-8-18(24-17)20-21(25-26-22(20)28)16-13-19(16)32(29,30)23-3/h6-9,12,16,19,23-24H,4-5,10-11,13H2,1-3H3,(H,26,28). The maximum atomic E-state index is 12.5. The summed E-state index contributed by atoms with van der Waals surface area (Å²) in [6.07, 6.45) is 4.19. The van der Waals surface area contributed by atoms with E-state index >= 15 is 0 Å². The third-order valence-corrected chi connectivity index (χ3v) is 7.98. The molecule has 3 N–H and O–H groups in total. The van der Waals surface area contributed by atoms with Gasteiger partial charge in [-0.05, 0) is 50.8 Å². The highest BCUT2D eigenvalue weighted by molar-refractivity contribution is 7.90. The largest absolute Gasteiger partial charge is 0.492 e. The molecule has 1 fully saturated rings. The van der Waals surface area contributed by atoms with Gasteiger partial charge in [0.25, 0.3) is 5.91 Å². The van der Waals surface area contributed by atoms with Gasteiger partial charge in [0.1, 0.15) is 12.4 Å². The molecule has 1 aromatic carbocycles. The monoisotopic (exact) mass is 459 g/mol. The lowest BCUT2D eigenvalue weighted by molar-refractivity contribution is -0.116. The number of hydrogen-bond acceptors (Lipinski definition) is 7. The molecule has 172 valence electrons. The van der Waals surface area contributed by atoms with Gasteiger partial charge < -0.3 is 15.0 Å². The number of rotatable bonds is 9. The number of nitrogens with one attached hydrogen (secondary N) is 3. The number of amides is 1. The third-order valence-electron chi connectivity index (χ3n) is 6.09. The zero-order valence-electron chi connectivity index (χ0n) is 18.5. The number of carbonyl (C=O) groups excluding carboxylic acids is 1. The highest BCUT2D eigenvalue weighted by Crippen LogP contribution is 2.42. The first-order chi connectivity index (χ1) is 15.4. The van der Waals surface area contributed by atoms with Crippen LogP contribution in [0, 0.1) is 5.92 Å². The van der Waals surface area contributed by atoms with Crippen LogP contribution in [0.2, 0.25) is 0 Å². The molecular formula is C22H29N5O4S. The first kappa shape index (κ1) is 22.5. The lowest BCUT2D eigenvalue weighted by Gasteiger charge is -2.20. The topological polar surface area (TPSA) is 112 Å². The van der Waals surface area contributed by atoms with E-state index < -0.39 is 15.3 Å². The summed E-state index contributed by atoms with van der Waals surface area (Å²) in [4.78, 5) is 14.8. The Balaban J connectivity index is 1.49. The average molecular weight is 460 g/mol. The van der Waals surface area contributed by atoms with Gasteiger partial charge in [-0.25, -0.2) is 18.6 Å². The summed E-state index contributed by atoms with van der Waals surface area (Å²) in [6, 6.07) is 5.78. The third kappa shape index (κ3) is 4.43. The van der Waals surface area contributed by atoms with Crippen molar-refractivity contribution in [3.05, 3.63) is 41.1 Å². The smallest absolute Gasteiger partial charge is 0.275 e. The van der Waals surface area contributed by atoms with Gasteiger partial charge in [0.05, 0.1) is 22.2 Å². The second-order valence-electron chi connectivity index (χ2n) is 7.94. The van der Waals surface area contributed by atoms with Crippen LogP contribution in [0.25, 0.3) is 6.08 Å². The van der Waals surface area contributed by atoms with E-state index in [9.17, 15) is 13.2 Å². The Kier molecular flexibility index (Phi) is 6.36. The molecule has 0 aromatic heterocycles. The van der Waals surface area contributed by atoms with E-state index in [0.29, 0.717) is 30.0 Å². The second kappa shape index (κ2) is 9.05. The van der Waals surface area contributed by atoms with Crippen LogP contribution >= 0.6 is 0 Å². The van der Waals surface area contributed by atoms with Crippen molar-refractivity contribution in [3.8, 4) is 5.75 Å². The Labute approximate surface area is 188 Å². The summed E-state index contributed by atoms with van der Waals surface area (Å²) in [5.74, 6) is 0.156. The average Bonchev–Trinajstić information content (AvgIpc) is 3.52. The Morgan fingerprint density at radius 2 is 2.03 bits per heavy atom. The number of carbonyl (C=O) groups is 1. The molecule has 2 atom stereocenters. The summed E-state index contributed by atoms with van der Waals surface area (Å²) < 4.78 is 32.5. The van der Waals surface area contributed by atoms with E-state index in [-0.39, 0.29) is 11.8 Å². The molecule has 1 saturated carbocycles. The first-order valence-electron chi connectivity index (χ1n) is 10.9. The lowest BCUT2D eigenvalue weighted by Crippen LogP contribution is -2.27. The summed E-state index contributed by atoms with van der Waals surface area (Å²) in [6.45, 7) is 7.75. The molecule has 0 radical (unpaired) electrons. The highest BCUT2D eigenvalue weighted by Gasteiger charge is 2.52. The maximum absolute atomic E-state index is 12.5. The minimum atomic E-state index is -3.40. The predicted molar refractivity (Wildman–Crippen MR) is 125 cm³/mol. The summed E-state index contributed by atoms with van der Waals surface area (Å²) in [5, 5.41) is 6.86. The minimum Gasteiger partial charge on any atom is -0.492 e. The number of benzene rings is 1. The number of hydrazone groups is 1. The van der Waals surface area contributed by atoms with Crippen LogP contribution < -0.4 is 20.2 Å². The molecule has 0 spiro atoms. The summed E-state index contributed by atoms with van der Waals surface area (Å²) in [5.41, 5.74) is 5.77. The SMILES string of the molecule is CCN(CC)CCOc1ccc2c(c1)C=CC(=C1C(=O)NN=C1C1CC1S(=O)(=O)NC)N2. The van der Waals surface area contributed by atoms with Crippen LogP contribution in [0.1, 0.15) is 25.8 Å². The van der Waals surface area contributed by atoms with Gasteiger partial charge in [0.2, 0.25) is 10.0 Å². The molecule has 2 aliphatic heterocycles. The zero-order chi connectivity index (χ0) is 22.9. The Bertz CT molecular complexity index is 1110. The Hall–Kier alpha value is -2.69. The minimum absolute atomic E-state index is 0.299. The van der Waals surface area contributed by atoms with Crippen molar-refractivity contribution >= 4 is 33.4 Å². The van der Waals surface area contributed by atoms with Gasteiger partial charge in [-0.3, -0.25) is 4.79 Å². The molecule has 1 aliphatic carbocycles. The van der Waals surface area contributed by atoms with Crippen LogP contribution in [-0.4, -0.2) is 63.5 Å². The van der Waals surface area contributed by atoms with Gasteiger partial charge in [0.15, 0.2) is 0 Å². The van der Waals surface area contributed by atoms with E-state index in [0.717, 1.165) is 36.6 Å². The van der Waals surface area contributed by atoms with Crippen molar-refractivity contribution in [1.29, 1.82) is 0 Å². The van der Waals surface area contributed by atoms with Gasteiger partial charge >= 0.3 is 0 Å². The predicted octanol–water partition coefficient (Wildman–Crippen LogP) is 1.52.